The molecule has 0 saturated carbocycles. The van der Waals surface area contributed by atoms with Crippen molar-refractivity contribution in [2.75, 3.05) is 0 Å². The van der Waals surface area contributed by atoms with Gasteiger partial charge >= 0.3 is 5.97 Å². The van der Waals surface area contributed by atoms with E-state index in [4.69, 9.17) is 16.7 Å². The molecule has 4 nitrogen and oxygen atoms in total. The Morgan fingerprint density at radius 2 is 2.43 bits per heavy atom. The van der Waals surface area contributed by atoms with Gasteiger partial charge < -0.3 is 15.3 Å². The summed E-state index contributed by atoms with van der Waals surface area (Å²) in [5.41, 5.74) is 0.896. The highest BCUT2D eigenvalue weighted by atomic mass is 35.5. The molecule has 0 saturated heterocycles. The van der Waals surface area contributed by atoms with Crippen LogP contribution in [0.3, 0.4) is 0 Å². The molecule has 0 bridgehead atoms. The van der Waals surface area contributed by atoms with E-state index < -0.39 is 5.97 Å². The molecule has 0 radical (unpaired) electrons. The molecule has 0 aliphatic carbocycles. The molecule has 0 aromatic carbocycles. The van der Waals surface area contributed by atoms with E-state index >= 15 is 0 Å². The molecule has 5 heteroatoms. The zero-order valence-corrected chi connectivity index (χ0v) is 8.25. The van der Waals surface area contributed by atoms with Gasteiger partial charge in [0.1, 0.15) is 11.9 Å². The Hall–Kier alpha value is -1.42. The fourth-order valence-corrected chi connectivity index (χ4v) is 1.73. The zero-order chi connectivity index (χ0) is 10.3. The minimum absolute atomic E-state index is 0.122. The van der Waals surface area contributed by atoms with Crippen LogP contribution in [0.4, 0.5) is 0 Å². The first-order valence-corrected chi connectivity index (χ1v) is 4.52. The monoisotopic (exact) mass is 212 g/mol. The minimum Gasteiger partial charge on any atom is -0.477 e. The smallest absolute Gasteiger partial charge is 0.353 e. The molecule has 0 spiro atoms. The Balaban J connectivity index is 2.35. The lowest BCUT2D eigenvalue weighted by atomic mass is 10.3. The molecule has 2 aliphatic rings. The first-order valence-electron chi connectivity index (χ1n) is 4.14. The summed E-state index contributed by atoms with van der Waals surface area (Å²) in [6.45, 7) is 1.75. The van der Waals surface area contributed by atoms with E-state index in [1.807, 2.05) is 6.08 Å². The van der Waals surface area contributed by atoms with E-state index in [1.54, 1.807) is 24.1 Å². The largest absolute Gasteiger partial charge is 0.477 e. The fourth-order valence-electron chi connectivity index (χ4n) is 1.55. The molecule has 2 N–H and O–H groups in total. The third-order valence-corrected chi connectivity index (χ3v) is 2.48. The van der Waals surface area contributed by atoms with E-state index in [-0.39, 0.29) is 11.9 Å². The molecule has 0 aromatic heterocycles. The number of carboxylic acids is 1. The Labute approximate surface area is 86.1 Å². The van der Waals surface area contributed by atoms with Crippen molar-refractivity contribution in [2.45, 2.75) is 13.1 Å². The van der Waals surface area contributed by atoms with Gasteiger partial charge in [-0.25, -0.2) is 4.79 Å². The van der Waals surface area contributed by atoms with Crippen LogP contribution in [0.2, 0.25) is 0 Å². The lowest BCUT2D eigenvalue weighted by molar-refractivity contribution is -0.133. The van der Waals surface area contributed by atoms with Crippen LogP contribution < -0.4 is 5.32 Å². The number of hydrogen-bond acceptors (Lipinski definition) is 3. The molecular formula is C9H9ClN2O2. The van der Waals surface area contributed by atoms with Gasteiger partial charge in [-0.05, 0) is 19.1 Å². The zero-order valence-electron chi connectivity index (χ0n) is 7.49. The highest BCUT2D eigenvalue weighted by Crippen LogP contribution is 2.26. The predicted molar refractivity (Wildman–Crippen MR) is 52.2 cm³/mol. The number of nitrogens with one attached hydrogen (secondary N) is 1. The number of nitrogens with zero attached hydrogens (tertiary/aromatic N) is 1. The maximum atomic E-state index is 10.8. The molecule has 1 unspecified atom stereocenters. The fraction of sp³-hybridized carbons (Fsp3) is 0.222. The first-order chi connectivity index (χ1) is 6.59. The van der Waals surface area contributed by atoms with E-state index in [0.29, 0.717) is 10.7 Å². The third kappa shape index (κ3) is 1.28. The van der Waals surface area contributed by atoms with Crippen LogP contribution in [0.25, 0.3) is 0 Å². The predicted octanol–water partition coefficient (Wildman–Crippen LogP) is 1.18. The summed E-state index contributed by atoms with van der Waals surface area (Å²) in [6, 6.07) is 0. The van der Waals surface area contributed by atoms with Crippen molar-refractivity contribution < 1.29 is 9.90 Å². The second kappa shape index (κ2) is 3.06. The molecule has 74 valence electrons. The number of rotatable bonds is 1. The maximum Gasteiger partial charge on any atom is 0.353 e. The summed E-state index contributed by atoms with van der Waals surface area (Å²) >= 11 is 5.81. The second-order valence-corrected chi connectivity index (χ2v) is 3.57. The van der Waals surface area contributed by atoms with E-state index in [2.05, 4.69) is 5.32 Å². The van der Waals surface area contributed by atoms with Crippen LogP contribution in [0, 0.1) is 0 Å². The second-order valence-electron chi connectivity index (χ2n) is 3.14. The standard InChI is InChI=1S/C9H9ClN2O2/c1-5-8(9(13)14)11-7-3-2-6(10)4-12(5)7/h2-4,7,11H,1H3,(H,13,14). The number of carboxylic acid groups (broad SMARTS) is 1. The Bertz CT molecular complexity index is 384. The molecule has 14 heavy (non-hydrogen) atoms. The summed E-state index contributed by atoms with van der Waals surface area (Å²) in [5.74, 6) is -0.949. The lowest BCUT2D eigenvalue weighted by Gasteiger charge is -2.24. The van der Waals surface area contributed by atoms with Crippen LogP contribution in [0.15, 0.2) is 34.8 Å². The van der Waals surface area contributed by atoms with Gasteiger partial charge in [-0.3, -0.25) is 0 Å². The number of hydrogen-bond donors (Lipinski definition) is 2. The van der Waals surface area contributed by atoms with Gasteiger partial charge in [0.25, 0.3) is 0 Å². The van der Waals surface area contributed by atoms with Crippen molar-refractivity contribution in [3.05, 3.63) is 34.8 Å². The number of aliphatic carboxylic acids is 1. The van der Waals surface area contributed by atoms with Gasteiger partial charge in [0, 0.05) is 11.9 Å². The number of halogens is 1. The van der Waals surface area contributed by atoms with Crippen molar-refractivity contribution in [1.29, 1.82) is 0 Å². The topological polar surface area (TPSA) is 52.6 Å². The van der Waals surface area contributed by atoms with Crippen molar-refractivity contribution in [1.82, 2.24) is 10.2 Å². The third-order valence-electron chi connectivity index (χ3n) is 2.26. The highest BCUT2D eigenvalue weighted by Gasteiger charge is 2.30. The molecule has 0 aromatic rings. The maximum absolute atomic E-state index is 10.8. The van der Waals surface area contributed by atoms with Gasteiger partial charge in [-0.2, -0.15) is 0 Å². The lowest BCUT2D eigenvalue weighted by Crippen LogP contribution is -2.34. The summed E-state index contributed by atoms with van der Waals surface area (Å²) in [7, 11) is 0. The summed E-state index contributed by atoms with van der Waals surface area (Å²) < 4.78 is 0. The molecule has 2 aliphatic heterocycles. The SMILES string of the molecule is CC1=C(C(=O)O)NC2C=CC(Cl)=CN12. The Kier molecular flexibility index (Phi) is 2.00. The van der Waals surface area contributed by atoms with Gasteiger partial charge in [-0.15, -0.1) is 0 Å². The molecule has 1 atom stereocenters. The molecular weight excluding hydrogens is 204 g/mol. The molecule has 2 rings (SSSR count). The minimum atomic E-state index is -0.949. The van der Waals surface area contributed by atoms with E-state index in [1.165, 1.54) is 0 Å². The van der Waals surface area contributed by atoms with Crippen molar-refractivity contribution >= 4 is 17.6 Å². The summed E-state index contributed by atoms with van der Waals surface area (Å²) in [4.78, 5) is 12.6. The molecule has 2 heterocycles. The van der Waals surface area contributed by atoms with Crippen molar-refractivity contribution in [3.8, 4) is 0 Å². The summed E-state index contributed by atoms with van der Waals surface area (Å²) in [5, 5.41) is 12.3. The van der Waals surface area contributed by atoms with Crippen molar-refractivity contribution in [2.24, 2.45) is 0 Å². The highest BCUT2D eigenvalue weighted by molar-refractivity contribution is 6.31. The average molecular weight is 213 g/mol. The number of allylic oxidation sites excluding steroid dienone is 3. The van der Waals surface area contributed by atoms with Crippen LogP contribution in [-0.2, 0) is 4.79 Å². The quantitative estimate of drug-likeness (QED) is 0.686. The van der Waals surface area contributed by atoms with Crippen molar-refractivity contribution in [3.63, 3.8) is 0 Å². The van der Waals surface area contributed by atoms with Gasteiger partial charge in [-0.1, -0.05) is 11.6 Å². The van der Waals surface area contributed by atoms with Gasteiger partial charge in [0.2, 0.25) is 0 Å². The summed E-state index contributed by atoms with van der Waals surface area (Å²) in [6.07, 6.45) is 5.16. The number of fused-ring (bicyclic) bond motifs is 1. The van der Waals surface area contributed by atoms with Crippen LogP contribution in [0.5, 0.6) is 0 Å². The normalized spacial score (nSPS) is 24.6. The molecule has 0 fully saturated rings. The van der Waals surface area contributed by atoms with E-state index in [9.17, 15) is 4.79 Å². The van der Waals surface area contributed by atoms with Crippen LogP contribution >= 0.6 is 11.6 Å². The van der Waals surface area contributed by atoms with Gasteiger partial charge in [0.15, 0.2) is 0 Å². The average Bonchev–Trinajstić information content (AvgIpc) is 2.44. The number of carbonyl (C=O) groups is 1. The van der Waals surface area contributed by atoms with E-state index in [0.717, 1.165) is 0 Å². The first kappa shape index (κ1) is 9.15. The Morgan fingerprint density at radius 1 is 1.71 bits per heavy atom. The van der Waals surface area contributed by atoms with Gasteiger partial charge in [0.05, 0.1) is 5.03 Å². The van der Waals surface area contributed by atoms with Crippen LogP contribution in [0.1, 0.15) is 6.92 Å². The molecule has 0 amide bonds. The van der Waals surface area contributed by atoms with Crippen LogP contribution in [-0.4, -0.2) is 22.1 Å². The Morgan fingerprint density at radius 3 is 3.07 bits per heavy atom.